The highest BCUT2D eigenvalue weighted by Gasteiger charge is 2.41. The van der Waals surface area contributed by atoms with Crippen LogP contribution in [0.25, 0.3) is 0 Å². The van der Waals surface area contributed by atoms with Crippen molar-refractivity contribution < 1.29 is 43.2 Å². The van der Waals surface area contributed by atoms with E-state index in [1.807, 2.05) is 0 Å². The van der Waals surface area contributed by atoms with Crippen LogP contribution in [0.5, 0.6) is 0 Å². The summed E-state index contributed by atoms with van der Waals surface area (Å²) in [6, 6.07) is 3.82. The molecule has 3 N–H and O–H groups in total. The topological polar surface area (TPSA) is 218 Å². The first kappa shape index (κ1) is 32.9. The number of hydrogen-bond acceptors (Lipinski definition) is 13. The van der Waals surface area contributed by atoms with E-state index in [0.29, 0.717) is 5.56 Å². The number of hydrogen-bond donors (Lipinski definition) is 3. The van der Waals surface area contributed by atoms with Gasteiger partial charge < -0.3 is 30.3 Å². The number of ether oxygens (including phenoxy) is 2. The highest BCUT2D eigenvalue weighted by Crippen LogP contribution is 2.20. The minimum Gasteiger partial charge on any atom is -0.469 e. The van der Waals surface area contributed by atoms with Crippen LogP contribution in [0.2, 0.25) is 0 Å². The Morgan fingerprint density at radius 2 is 1.93 bits per heavy atom. The molecule has 0 radical (unpaired) electrons. The maximum Gasteiger partial charge on any atom is 0.353 e. The minimum atomic E-state index is -1.73. The summed E-state index contributed by atoms with van der Waals surface area (Å²) in [6.07, 6.45) is 0.203. The van der Waals surface area contributed by atoms with Gasteiger partial charge in [-0.05, 0) is 38.0 Å². The molecule has 1 saturated heterocycles. The lowest BCUT2D eigenvalue weighted by Gasteiger charge is -2.37. The highest BCUT2D eigenvalue weighted by atomic mass is 35.5. The van der Waals surface area contributed by atoms with E-state index in [1.54, 1.807) is 0 Å². The number of nitro groups is 1. The second-order valence-electron chi connectivity index (χ2n) is 9.44. The van der Waals surface area contributed by atoms with E-state index in [9.17, 15) is 34.1 Å². The zero-order valence-electron chi connectivity index (χ0n) is 23.1. The summed E-state index contributed by atoms with van der Waals surface area (Å²) in [4.78, 5) is 81.2. The van der Waals surface area contributed by atoms with E-state index >= 15 is 0 Å². The van der Waals surface area contributed by atoms with E-state index in [1.165, 1.54) is 50.6 Å². The van der Waals surface area contributed by atoms with Gasteiger partial charge in [0.05, 0.1) is 18.1 Å². The second-order valence-corrected chi connectivity index (χ2v) is 10.6. The first-order valence-electron chi connectivity index (χ1n) is 12.5. The maximum atomic E-state index is 13.3. The fraction of sp³-hybridized carbons (Fsp3) is 0.400. The number of thiazole rings is 1. The molecule has 3 amide bonds. The van der Waals surface area contributed by atoms with Gasteiger partial charge >= 0.3 is 11.9 Å². The summed E-state index contributed by atoms with van der Waals surface area (Å²) in [5.74, 6) is -3.62. The Hall–Kier alpha value is -4.64. The number of nitrogens with zero attached hydrogens (tertiary/aromatic N) is 3. The molecular weight excluding hydrogens is 612 g/mol. The highest BCUT2D eigenvalue weighted by molar-refractivity contribution is 7.14. The largest absolute Gasteiger partial charge is 0.469 e. The van der Waals surface area contributed by atoms with Crippen molar-refractivity contribution in [2.75, 3.05) is 18.3 Å². The van der Waals surface area contributed by atoms with Crippen molar-refractivity contribution in [1.82, 2.24) is 15.6 Å². The van der Waals surface area contributed by atoms with Crippen LogP contribution < -0.4 is 16.0 Å². The molecule has 2 aromatic rings. The molecule has 43 heavy (non-hydrogen) atoms. The van der Waals surface area contributed by atoms with Crippen LogP contribution >= 0.6 is 22.9 Å². The first-order valence-corrected chi connectivity index (χ1v) is 13.9. The van der Waals surface area contributed by atoms with Gasteiger partial charge in [0.15, 0.2) is 10.8 Å². The van der Waals surface area contributed by atoms with Gasteiger partial charge in [0.1, 0.15) is 24.2 Å². The fourth-order valence-electron chi connectivity index (χ4n) is 3.46. The standard InChI is InChI=1S/C25H27ClN6O10S/c1-25(2,23(37)41-11-13-4-6-14(7-5-13)32(38)39)42-31-20(16-12-43-24(28-16)29-17(33)10-26)22(36)30-19-15(27-21(19)35)8-9-18(34)40-3/h4-7,12,15,19H,8-11H2,1-3H3,(H,27,35)(H,30,36)(H,28,29,33)/b31-20-/t15-,19+/m1/s1. The number of anilines is 1. The van der Waals surface area contributed by atoms with Crippen LogP contribution in [0.3, 0.4) is 0 Å². The third-order valence-corrected chi connectivity index (χ3v) is 6.89. The van der Waals surface area contributed by atoms with Crippen LogP contribution in [-0.4, -0.2) is 76.0 Å². The molecule has 1 aromatic carbocycles. The van der Waals surface area contributed by atoms with Gasteiger partial charge in [0.2, 0.25) is 17.4 Å². The number of methoxy groups -OCH3 is 1. The molecule has 1 aliphatic heterocycles. The lowest BCUT2D eigenvalue weighted by Crippen LogP contribution is -2.69. The molecule has 0 bridgehead atoms. The zero-order chi connectivity index (χ0) is 31.7. The summed E-state index contributed by atoms with van der Waals surface area (Å²) in [5.41, 5.74) is -1.85. The van der Waals surface area contributed by atoms with Gasteiger partial charge in [-0.15, -0.1) is 22.9 Å². The van der Waals surface area contributed by atoms with Crippen LogP contribution in [0.1, 0.15) is 37.9 Å². The van der Waals surface area contributed by atoms with Crippen LogP contribution in [0, 0.1) is 10.1 Å². The number of alkyl halides is 1. The molecule has 3 rings (SSSR count). The second kappa shape index (κ2) is 14.5. The van der Waals surface area contributed by atoms with Gasteiger partial charge in [0.25, 0.3) is 11.6 Å². The predicted octanol–water partition coefficient (Wildman–Crippen LogP) is 1.41. The molecule has 2 atom stereocenters. The lowest BCUT2D eigenvalue weighted by molar-refractivity contribution is -0.384. The van der Waals surface area contributed by atoms with Crippen molar-refractivity contribution in [1.29, 1.82) is 0 Å². The summed E-state index contributed by atoms with van der Waals surface area (Å²) < 4.78 is 9.86. The number of nitrogens with one attached hydrogen (secondary N) is 3. The van der Waals surface area contributed by atoms with Crippen molar-refractivity contribution in [3.63, 3.8) is 0 Å². The normalized spacial score (nSPS) is 16.3. The number of esters is 2. The number of nitro benzene ring substituents is 1. The molecule has 1 fully saturated rings. The van der Waals surface area contributed by atoms with Gasteiger partial charge in [-0.25, -0.2) is 9.78 Å². The quantitative estimate of drug-likeness (QED) is 0.0671. The Bertz CT molecular complexity index is 1430. The first-order chi connectivity index (χ1) is 20.3. The molecule has 16 nitrogen and oxygen atoms in total. The Morgan fingerprint density at radius 1 is 1.23 bits per heavy atom. The van der Waals surface area contributed by atoms with E-state index in [2.05, 4.69) is 30.8 Å². The van der Waals surface area contributed by atoms with E-state index in [4.69, 9.17) is 21.2 Å². The average molecular weight is 639 g/mol. The lowest BCUT2D eigenvalue weighted by atomic mass is 9.94. The molecular formula is C25H27ClN6O10S. The monoisotopic (exact) mass is 638 g/mol. The van der Waals surface area contributed by atoms with Gasteiger partial charge in [-0.2, -0.15) is 0 Å². The molecule has 2 heterocycles. The van der Waals surface area contributed by atoms with Crippen molar-refractivity contribution in [2.45, 2.75) is 51.0 Å². The van der Waals surface area contributed by atoms with Crippen molar-refractivity contribution in [3.05, 3.63) is 51.0 Å². The van der Waals surface area contributed by atoms with Gasteiger partial charge in [-0.3, -0.25) is 29.3 Å². The smallest absolute Gasteiger partial charge is 0.353 e. The summed E-state index contributed by atoms with van der Waals surface area (Å²) in [6.45, 7) is 2.44. The summed E-state index contributed by atoms with van der Waals surface area (Å²) in [7, 11) is 1.23. The number of halogens is 1. The van der Waals surface area contributed by atoms with Crippen molar-refractivity contribution in [3.8, 4) is 0 Å². The van der Waals surface area contributed by atoms with E-state index in [-0.39, 0.29) is 41.8 Å². The summed E-state index contributed by atoms with van der Waals surface area (Å²) >= 11 is 6.47. The molecule has 0 spiro atoms. The number of oxime groups is 1. The third kappa shape index (κ3) is 8.92. The Balaban J connectivity index is 1.76. The number of rotatable bonds is 14. The minimum absolute atomic E-state index is 0.00374. The predicted molar refractivity (Wildman–Crippen MR) is 151 cm³/mol. The average Bonchev–Trinajstić information content (AvgIpc) is 3.44. The van der Waals surface area contributed by atoms with Crippen LogP contribution in [-0.2, 0) is 44.9 Å². The number of carbonyl (C=O) groups excluding carboxylic acids is 5. The van der Waals surface area contributed by atoms with E-state index < -0.39 is 58.0 Å². The molecule has 1 aromatic heterocycles. The summed E-state index contributed by atoms with van der Waals surface area (Å²) in [5, 5.41) is 23.7. The third-order valence-electron chi connectivity index (χ3n) is 5.89. The molecule has 0 unspecified atom stereocenters. The van der Waals surface area contributed by atoms with Crippen LogP contribution in [0.15, 0.2) is 34.8 Å². The number of amides is 3. The Kier molecular flexibility index (Phi) is 11.1. The number of β-lactam (4-membered cyclic amide) rings is 1. The fourth-order valence-corrected chi connectivity index (χ4v) is 4.24. The van der Waals surface area contributed by atoms with Gasteiger partial charge in [-0.1, -0.05) is 5.16 Å². The maximum absolute atomic E-state index is 13.3. The SMILES string of the molecule is COC(=O)CC[C@H]1NC(=O)[C@H]1NC(=O)/C(=N\OC(C)(C)C(=O)OCc1ccc([N+](=O)[O-])cc1)c1csc(NC(=O)CCl)n1. The zero-order valence-corrected chi connectivity index (χ0v) is 24.7. The Labute approximate surface area is 253 Å². The van der Waals surface area contributed by atoms with Crippen molar-refractivity contribution in [2.24, 2.45) is 5.16 Å². The number of aromatic nitrogens is 1. The molecule has 0 saturated carbocycles. The molecule has 18 heteroatoms. The number of carbonyl (C=O) groups is 5. The Morgan fingerprint density at radius 3 is 2.53 bits per heavy atom. The van der Waals surface area contributed by atoms with Gasteiger partial charge in [0, 0.05) is 23.9 Å². The van der Waals surface area contributed by atoms with E-state index in [0.717, 1.165) is 11.3 Å². The van der Waals surface area contributed by atoms with Crippen molar-refractivity contribution >= 4 is 69.1 Å². The number of non-ortho nitro benzene ring substituents is 1. The van der Waals surface area contributed by atoms with Crippen LogP contribution in [0.4, 0.5) is 10.8 Å². The molecule has 0 aliphatic carbocycles. The number of benzene rings is 1. The molecule has 230 valence electrons. The molecule has 1 aliphatic rings.